The summed E-state index contributed by atoms with van der Waals surface area (Å²) in [7, 11) is 1.75. The van der Waals surface area contributed by atoms with E-state index in [1.54, 1.807) is 19.2 Å². The summed E-state index contributed by atoms with van der Waals surface area (Å²) in [5.41, 5.74) is -0.00938. The molecule has 2 saturated heterocycles. The van der Waals surface area contributed by atoms with Crippen LogP contribution in [-0.2, 0) is 4.74 Å². The lowest BCUT2D eigenvalue weighted by atomic mass is 9.87. The van der Waals surface area contributed by atoms with Crippen molar-refractivity contribution in [1.29, 1.82) is 0 Å². The van der Waals surface area contributed by atoms with Crippen LogP contribution in [0.1, 0.15) is 25.7 Å². The summed E-state index contributed by atoms with van der Waals surface area (Å²) in [6, 6.07) is 14.0. The number of β-amino-alcohol motifs (C(OH)–C–C–N with tert-alkyl or cyclic N) is 1. The molecule has 0 unspecified atom stereocenters. The molecular formula is C25H32ClFN2O3. The van der Waals surface area contributed by atoms with Gasteiger partial charge in [0.25, 0.3) is 0 Å². The van der Waals surface area contributed by atoms with E-state index in [1.165, 1.54) is 12.1 Å². The Labute approximate surface area is 194 Å². The van der Waals surface area contributed by atoms with Crippen molar-refractivity contribution in [3.63, 3.8) is 0 Å². The molecule has 0 amide bonds. The topological polar surface area (TPSA) is 45.2 Å². The van der Waals surface area contributed by atoms with E-state index in [0.29, 0.717) is 31.0 Å². The quantitative estimate of drug-likeness (QED) is 0.662. The van der Waals surface area contributed by atoms with Crippen molar-refractivity contribution in [3.8, 4) is 5.75 Å². The highest BCUT2D eigenvalue weighted by molar-refractivity contribution is 6.30. The number of aliphatic hydroxyl groups is 1. The van der Waals surface area contributed by atoms with Crippen molar-refractivity contribution >= 4 is 17.3 Å². The first-order valence-electron chi connectivity index (χ1n) is 11.3. The highest BCUT2D eigenvalue weighted by atomic mass is 35.5. The lowest BCUT2D eigenvalue weighted by Crippen LogP contribution is -2.55. The summed E-state index contributed by atoms with van der Waals surface area (Å²) in [4.78, 5) is 4.55. The fourth-order valence-corrected chi connectivity index (χ4v) is 4.89. The molecule has 5 nitrogen and oxygen atoms in total. The van der Waals surface area contributed by atoms with Crippen molar-refractivity contribution in [2.75, 3.05) is 51.3 Å². The Morgan fingerprint density at radius 3 is 2.31 bits per heavy atom. The average molecular weight is 463 g/mol. The summed E-state index contributed by atoms with van der Waals surface area (Å²) in [6.45, 7) is 4.40. The van der Waals surface area contributed by atoms with Crippen molar-refractivity contribution in [2.24, 2.45) is 0 Å². The predicted molar refractivity (Wildman–Crippen MR) is 125 cm³/mol. The number of methoxy groups -OCH3 is 1. The predicted octanol–water partition coefficient (Wildman–Crippen LogP) is 4.37. The van der Waals surface area contributed by atoms with Crippen LogP contribution in [0.5, 0.6) is 5.75 Å². The van der Waals surface area contributed by atoms with Crippen LogP contribution in [0.25, 0.3) is 0 Å². The molecule has 2 aliphatic heterocycles. The van der Waals surface area contributed by atoms with Crippen molar-refractivity contribution in [1.82, 2.24) is 4.90 Å². The van der Waals surface area contributed by atoms with Gasteiger partial charge in [-0.15, -0.1) is 0 Å². The normalized spacial score (nSPS) is 20.8. The summed E-state index contributed by atoms with van der Waals surface area (Å²) in [5, 5.41) is 11.9. The van der Waals surface area contributed by atoms with Crippen LogP contribution < -0.4 is 9.64 Å². The van der Waals surface area contributed by atoms with Gasteiger partial charge in [0, 0.05) is 50.5 Å². The standard InChI is InChI=1S/C25H32ClFN2O3/c1-31-25(19-32-23-4-2-3-20(26)17-23)11-13-28(14-12-25)18-24(30)9-15-29(16-10-24)22-7-5-21(27)6-8-22/h2-8,17,30H,9-16,18-19H2,1H3. The van der Waals surface area contributed by atoms with Gasteiger partial charge in [0.2, 0.25) is 0 Å². The molecule has 7 heteroatoms. The van der Waals surface area contributed by atoms with Crippen LogP contribution in [0, 0.1) is 5.82 Å². The minimum absolute atomic E-state index is 0.225. The van der Waals surface area contributed by atoms with E-state index >= 15 is 0 Å². The van der Waals surface area contributed by atoms with Gasteiger partial charge in [-0.05, 0) is 68.1 Å². The van der Waals surface area contributed by atoms with Crippen molar-refractivity contribution in [3.05, 3.63) is 59.4 Å². The van der Waals surface area contributed by atoms with Gasteiger partial charge < -0.3 is 24.4 Å². The Balaban J connectivity index is 1.26. The molecule has 2 aliphatic rings. The second-order valence-corrected chi connectivity index (χ2v) is 9.53. The second-order valence-electron chi connectivity index (χ2n) is 9.10. The van der Waals surface area contributed by atoms with E-state index in [2.05, 4.69) is 9.80 Å². The van der Waals surface area contributed by atoms with Crippen LogP contribution in [0.2, 0.25) is 5.02 Å². The Morgan fingerprint density at radius 1 is 1.00 bits per heavy atom. The zero-order valence-electron chi connectivity index (χ0n) is 18.6. The zero-order chi connectivity index (χ0) is 22.6. The third-order valence-corrected chi connectivity index (χ3v) is 7.14. The number of piperidine rings is 2. The third-order valence-electron chi connectivity index (χ3n) is 6.90. The second kappa shape index (κ2) is 9.96. The molecule has 4 rings (SSSR count). The summed E-state index contributed by atoms with van der Waals surface area (Å²) < 4.78 is 25.0. The molecule has 0 saturated carbocycles. The number of benzene rings is 2. The Morgan fingerprint density at radius 2 is 1.69 bits per heavy atom. The molecule has 0 radical (unpaired) electrons. The fourth-order valence-electron chi connectivity index (χ4n) is 4.71. The van der Waals surface area contributed by atoms with E-state index < -0.39 is 5.60 Å². The van der Waals surface area contributed by atoms with Crippen molar-refractivity contribution < 1.29 is 19.0 Å². The van der Waals surface area contributed by atoms with Gasteiger partial charge in [0.15, 0.2) is 0 Å². The molecule has 2 aromatic carbocycles. The van der Waals surface area contributed by atoms with Crippen LogP contribution in [-0.4, -0.2) is 67.6 Å². The number of rotatable bonds is 7. The zero-order valence-corrected chi connectivity index (χ0v) is 19.4. The smallest absolute Gasteiger partial charge is 0.123 e. The molecule has 174 valence electrons. The number of hydrogen-bond donors (Lipinski definition) is 1. The number of hydrogen-bond acceptors (Lipinski definition) is 5. The van der Waals surface area contributed by atoms with Crippen molar-refractivity contribution in [2.45, 2.75) is 36.9 Å². The largest absolute Gasteiger partial charge is 0.491 e. The monoisotopic (exact) mass is 462 g/mol. The first-order chi connectivity index (χ1) is 15.4. The molecule has 0 atom stereocenters. The third kappa shape index (κ3) is 5.73. The maximum absolute atomic E-state index is 13.2. The Bertz CT molecular complexity index is 879. The van der Waals surface area contributed by atoms with Gasteiger partial charge in [-0.1, -0.05) is 17.7 Å². The van der Waals surface area contributed by atoms with Crippen LogP contribution in [0.4, 0.5) is 10.1 Å². The first kappa shape index (κ1) is 23.3. The summed E-state index contributed by atoms with van der Waals surface area (Å²) in [5.74, 6) is 0.524. The van der Waals surface area contributed by atoms with Gasteiger partial charge in [-0.2, -0.15) is 0 Å². The Hall–Kier alpha value is -1.86. The number of anilines is 1. The van der Waals surface area contributed by atoms with Gasteiger partial charge >= 0.3 is 0 Å². The van der Waals surface area contributed by atoms with Gasteiger partial charge in [-0.3, -0.25) is 0 Å². The van der Waals surface area contributed by atoms with Gasteiger partial charge in [0.1, 0.15) is 23.8 Å². The van der Waals surface area contributed by atoms with Crippen LogP contribution in [0.15, 0.2) is 48.5 Å². The minimum atomic E-state index is -0.694. The molecule has 0 bridgehead atoms. The Kier molecular flexibility index (Phi) is 7.25. The molecule has 2 fully saturated rings. The van der Waals surface area contributed by atoms with Crippen LogP contribution >= 0.6 is 11.6 Å². The SMILES string of the molecule is COC1(COc2cccc(Cl)c2)CCN(CC2(O)CCN(c3ccc(F)cc3)CC2)CC1. The number of ether oxygens (including phenoxy) is 2. The molecule has 0 aromatic heterocycles. The summed E-state index contributed by atoms with van der Waals surface area (Å²) >= 11 is 6.05. The highest BCUT2D eigenvalue weighted by Crippen LogP contribution is 2.31. The molecular weight excluding hydrogens is 431 g/mol. The lowest BCUT2D eigenvalue weighted by Gasteiger charge is -2.45. The fraction of sp³-hybridized carbons (Fsp3) is 0.520. The molecule has 0 spiro atoms. The number of halogens is 2. The molecule has 1 N–H and O–H groups in total. The maximum atomic E-state index is 13.2. The summed E-state index contributed by atoms with van der Waals surface area (Å²) in [6.07, 6.45) is 3.10. The van der Waals surface area contributed by atoms with Crippen LogP contribution in [0.3, 0.4) is 0 Å². The number of nitrogens with zero attached hydrogens (tertiary/aromatic N) is 2. The number of likely N-dealkylation sites (tertiary alicyclic amines) is 1. The molecule has 2 aromatic rings. The minimum Gasteiger partial charge on any atom is -0.491 e. The van der Waals surface area contributed by atoms with Gasteiger partial charge in [-0.25, -0.2) is 4.39 Å². The van der Waals surface area contributed by atoms with E-state index in [9.17, 15) is 9.50 Å². The highest BCUT2D eigenvalue weighted by Gasteiger charge is 2.39. The molecule has 32 heavy (non-hydrogen) atoms. The molecule has 0 aliphatic carbocycles. The van der Waals surface area contributed by atoms with E-state index in [4.69, 9.17) is 21.1 Å². The first-order valence-corrected chi connectivity index (χ1v) is 11.7. The van der Waals surface area contributed by atoms with Gasteiger partial charge in [0.05, 0.1) is 5.60 Å². The van der Waals surface area contributed by atoms with E-state index in [0.717, 1.165) is 50.5 Å². The van der Waals surface area contributed by atoms with E-state index in [-0.39, 0.29) is 11.4 Å². The molecule has 2 heterocycles. The van der Waals surface area contributed by atoms with E-state index in [1.807, 2.05) is 24.3 Å². The maximum Gasteiger partial charge on any atom is 0.123 e. The average Bonchev–Trinajstić information content (AvgIpc) is 2.80. The lowest BCUT2D eigenvalue weighted by molar-refractivity contribution is -0.0961.